The summed E-state index contributed by atoms with van der Waals surface area (Å²) in [6.07, 6.45) is 8.72. The summed E-state index contributed by atoms with van der Waals surface area (Å²) >= 11 is 0. The molecule has 3 rings (SSSR count). The van der Waals surface area contributed by atoms with E-state index in [1.807, 2.05) is 35.2 Å². The molecule has 0 spiro atoms. The smallest absolute Gasteiger partial charge is 0.321 e. The van der Waals surface area contributed by atoms with Crippen LogP contribution in [0.1, 0.15) is 51.4 Å². The summed E-state index contributed by atoms with van der Waals surface area (Å²) in [7, 11) is 0. The first-order chi connectivity index (χ1) is 13.7. The Morgan fingerprint density at radius 3 is 2.21 bits per heavy atom. The van der Waals surface area contributed by atoms with Crippen molar-refractivity contribution in [3.05, 3.63) is 30.3 Å². The number of anilines is 1. The molecule has 2 heterocycles. The number of para-hydroxylation sites is 1. The number of nitrogens with one attached hydrogen (secondary N) is 2. The lowest BCUT2D eigenvalue weighted by atomic mass is 10.0. The van der Waals surface area contributed by atoms with E-state index in [0.717, 1.165) is 38.2 Å². The van der Waals surface area contributed by atoms with Gasteiger partial charge >= 0.3 is 6.03 Å². The minimum absolute atomic E-state index is 0.0620. The SMILES string of the molecule is O=C(CCN1CCCCCCC1)NC1CCN(C(=O)Nc2ccccc2)CC1. The van der Waals surface area contributed by atoms with Crippen molar-refractivity contribution in [3.8, 4) is 0 Å². The van der Waals surface area contributed by atoms with Crippen LogP contribution < -0.4 is 10.6 Å². The molecule has 0 bridgehead atoms. The van der Waals surface area contributed by atoms with Crippen LogP contribution >= 0.6 is 0 Å². The highest BCUT2D eigenvalue weighted by Gasteiger charge is 2.24. The van der Waals surface area contributed by atoms with Gasteiger partial charge in [0.25, 0.3) is 0 Å². The van der Waals surface area contributed by atoms with Gasteiger partial charge in [-0.25, -0.2) is 4.79 Å². The fourth-order valence-corrected chi connectivity index (χ4v) is 4.05. The van der Waals surface area contributed by atoms with Gasteiger partial charge in [0.1, 0.15) is 0 Å². The highest BCUT2D eigenvalue weighted by molar-refractivity contribution is 5.89. The first-order valence-electron chi connectivity index (χ1n) is 10.8. The number of rotatable bonds is 5. The monoisotopic (exact) mass is 386 g/mol. The molecule has 0 unspecified atom stereocenters. The van der Waals surface area contributed by atoms with Crippen molar-refractivity contribution < 1.29 is 9.59 Å². The van der Waals surface area contributed by atoms with Crippen LogP contribution in [0.25, 0.3) is 0 Å². The lowest BCUT2D eigenvalue weighted by Crippen LogP contribution is -2.48. The van der Waals surface area contributed by atoms with E-state index in [2.05, 4.69) is 15.5 Å². The van der Waals surface area contributed by atoms with Crippen LogP contribution in [0.15, 0.2) is 30.3 Å². The average molecular weight is 387 g/mol. The average Bonchev–Trinajstić information content (AvgIpc) is 2.68. The number of carbonyl (C=O) groups excluding carboxylic acids is 2. The standard InChI is InChI=1S/C22H34N4O2/c27-21(13-16-25-14-7-2-1-3-8-15-25)23-20-11-17-26(18-12-20)22(28)24-19-9-5-4-6-10-19/h4-6,9-10,20H,1-3,7-8,11-18H2,(H,23,27)(H,24,28). The summed E-state index contributed by atoms with van der Waals surface area (Å²) < 4.78 is 0. The van der Waals surface area contributed by atoms with E-state index in [9.17, 15) is 9.59 Å². The number of nitrogens with zero attached hydrogens (tertiary/aromatic N) is 2. The number of hydrogen-bond acceptors (Lipinski definition) is 3. The summed E-state index contributed by atoms with van der Waals surface area (Å²) in [5.74, 6) is 0.147. The van der Waals surface area contributed by atoms with Crippen LogP contribution in [0.2, 0.25) is 0 Å². The summed E-state index contributed by atoms with van der Waals surface area (Å²) in [4.78, 5) is 29.0. The van der Waals surface area contributed by atoms with Crippen LogP contribution in [0.3, 0.4) is 0 Å². The Bertz CT molecular complexity index is 606. The van der Waals surface area contributed by atoms with Gasteiger partial charge in [0, 0.05) is 37.8 Å². The lowest BCUT2D eigenvalue weighted by Gasteiger charge is -2.32. The van der Waals surface area contributed by atoms with Gasteiger partial charge in [0.05, 0.1) is 0 Å². The maximum Gasteiger partial charge on any atom is 0.321 e. The maximum absolute atomic E-state index is 12.3. The van der Waals surface area contributed by atoms with E-state index in [1.54, 1.807) is 0 Å². The van der Waals surface area contributed by atoms with Gasteiger partial charge in [-0.3, -0.25) is 4.79 Å². The molecule has 0 aliphatic carbocycles. The van der Waals surface area contributed by atoms with Gasteiger partial charge < -0.3 is 20.4 Å². The minimum atomic E-state index is -0.0620. The number of likely N-dealkylation sites (tertiary alicyclic amines) is 2. The van der Waals surface area contributed by atoms with E-state index >= 15 is 0 Å². The number of carbonyl (C=O) groups is 2. The number of amides is 3. The van der Waals surface area contributed by atoms with Gasteiger partial charge in [-0.1, -0.05) is 37.5 Å². The van der Waals surface area contributed by atoms with E-state index in [1.165, 1.54) is 32.1 Å². The Morgan fingerprint density at radius 1 is 0.893 bits per heavy atom. The van der Waals surface area contributed by atoms with E-state index in [0.29, 0.717) is 19.5 Å². The predicted octanol–water partition coefficient (Wildman–Crippen LogP) is 3.46. The number of piperidine rings is 1. The fourth-order valence-electron chi connectivity index (χ4n) is 4.05. The van der Waals surface area contributed by atoms with Crippen LogP contribution in [0, 0.1) is 0 Å². The number of hydrogen-bond donors (Lipinski definition) is 2. The van der Waals surface area contributed by atoms with E-state index in [4.69, 9.17) is 0 Å². The Balaban J connectivity index is 1.33. The Hall–Kier alpha value is -2.08. The molecule has 1 aromatic carbocycles. The van der Waals surface area contributed by atoms with Gasteiger partial charge in [-0.05, 0) is 50.9 Å². The van der Waals surface area contributed by atoms with Crippen molar-refractivity contribution in [1.29, 1.82) is 0 Å². The molecule has 2 fully saturated rings. The molecule has 28 heavy (non-hydrogen) atoms. The molecule has 154 valence electrons. The Kier molecular flexibility index (Phi) is 8.15. The van der Waals surface area contributed by atoms with Gasteiger partial charge in [0.15, 0.2) is 0 Å². The quantitative estimate of drug-likeness (QED) is 0.815. The van der Waals surface area contributed by atoms with Crippen molar-refractivity contribution in [1.82, 2.24) is 15.1 Å². The van der Waals surface area contributed by atoms with Crippen molar-refractivity contribution in [2.24, 2.45) is 0 Å². The molecule has 3 amide bonds. The number of benzene rings is 1. The van der Waals surface area contributed by atoms with Crippen LogP contribution in [0.4, 0.5) is 10.5 Å². The highest BCUT2D eigenvalue weighted by Crippen LogP contribution is 2.14. The lowest BCUT2D eigenvalue weighted by molar-refractivity contribution is -0.122. The molecule has 0 atom stereocenters. The number of urea groups is 1. The zero-order valence-corrected chi connectivity index (χ0v) is 16.9. The van der Waals surface area contributed by atoms with Gasteiger partial charge in [-0.15, -0.1) is 0 Å². The maximum atomic E-state index is 12.3. The molecule has 2 N–H and O–H groups in total. The normalized spacial score (nSPS) is 19.5. The molecule has 0 saturated carbocycles. The fraction of sp³-hybridized carbons (Fsp3) is 0.636. The highest BCUT2D eigenvalue weighted by atomic mass is 16.2. The summed E-state index contributed by atoms with van der Waals surface area (Å²) in [5, 5.41) is 6.10. The third kappa shape index (κ3) is 6.82. The molecule has 0 radical (unpaired) electrons. The van der Waals surface area contributed by atoms with Crippen molar-refractivity contribution in [2.45, 2.75) is 57.4 Å². The molecular weight excluding hydrogens is 352 g/mol. The molecule has 6 nitrogen and oxygen atoms in total. The predicted molar refractivity (Wildman–Crippen MR) is 112 cm³/mol. The zero-order valence-electron chi connectivity index (χ0n) is 16.9. The van der Waals surface area contributed by atoms with Crippen molar-refractivity contribution in [3.63, 3.8) is 0 Å². The molecular formula is C22H34N4O2. The van der Waals surface area contributed by atoms with E-state index < -0.39 is 0 Å². The first-order valence-corrected chi connectivity index (χ1v) is 10.8. The Labute approximate surface area is 168 Å². The molecule has 0 aromatic heterocycles. The Morgan fingerprint density at radius 2 is 1.54 bits per heavy atom. The second-order valence-corrected chi connectivity index (χ2v) is 7.98. The topological polar surface area (TPSA) is 64.7 Å². The van der Waals surface area contributed by atoms with Crippen LogP contribution in [-0.2, 0) is 4.79 Å². The van der Waals surface area contributed by atoms with E-state index in [-0.39, 0.29) is 18.0 Å². The molecule has 6 heteroatoms. The zero-order chi connectivity index (χ0) is 19.6. The van der Waals surface area contributed by atoms with Crippen molar-refractivity contribution in [2.75, 3.05) is 38.0 Å². The minimum Gasteiger partial charge on any atom is -0.353 e. The third-order valence-electron chi connectivity index (χ3n) is 5.78. The molecule has 1 aromatic rings. The second-order valence-electron chi connectivity index (χ2n) is 7.98. The van der Waals surface area contributed by atoms with Crippen molar-refractivity contribution >= 4 is 17.6 Å². The molecule has 2 aliphatic rings. The first kappa shape index (κ1) is 20.6. The summed E-state index contributed by atoms with van der Waals surface area (Å²) in [5.41, 5.74) is 0.812. The summed E-state index contributed by atoms with van der Waals surface area (Å²) in [6.45, 7) is 4.47. The summed E-state index contributed by atoms with van der Waals surface area (Å²) in [6, 6.07) is 9.63. The van der Waals surface area contributed by atoms with Gasteiger partial charge in [0.2, 0.25) is 5.91 Å². The molecule has 2 saturated heterocycles. The molecule has 2 aliphatic heterocycles. The second kappa shape index (κ2) is 11.1. The van der Waals surface area contributed by atoms with Crippen LogP contribution in [-0.4, -0.2) is 60.5 Å². The van der Waals surface area contributed by atoms with Crippen LogP contribution in [0.5, 0.6) is 0 Å². The van der Waals surface area contributed by atoms with Gasteiger partial charge in [-0.2, -0.15) is 0 Å². The largest absolute Gasteiger partial charge is 0.353 e. The third-order valence-corrected chi connectivity index (χ3v) is 5.78.